The molecule has 5 fully saturated rings. The highest BCUT2D eigenvalue weighted by molar-refractivity contribution is 5.85. The number of esters is 1. The molecule has 9 heteroatoms. The Bertz CT molecular complexity index is 1070. The van der Waals surface area contributed by atoms with Gasteiger partial charge in [0.1, 0.15) is 12.7 Å². The van der Waals surface area contributed by atoms with Crippen LogP contribution in [0.5, 0.6) is 0 Å². The number of hydrogen-bond donors (Lipinski definition) is 3. The first-order valence-corrected chi connectivity index (χ1v) is 14.8. The summed E-state index contributed by atoms with van der Waals surface area (Å²) in [5, 5.41) is 45.6. The standard InChI is InChI=1S/C30H43NO8/c1-17-26(33)23(36-3)13-25(38-17)39-19-4-9-28(16-31)21-5-8-27(2)20(18-12-24(32)37-15-18)7-11-30(27,35)22(21)6-10-29(28,34)14-19/h12,17,19-23,25-26,33-35H,4-11,13-15H2,1-3H3. The molecular formula is C30H43NO8. The van der Waals surface area contributed by atoms with E-state index in [-0.39, 0.29) is 35.9 Å². The molecule has 6 rings (SSSR count). The van der Waals surface area contributed by atoms with Crippen molar-refractivity contribution >= 4 is 5.97 Å². The van der Waals surface area contributed by atoms with Crippen LogP contribution in [0.1, 0.15) is 78.1 Å². The van der Waals surface area contributed by atoms with Crippen molar-refractivity contribution in [2.45, 2.75) is 120 Å². The fourth-order valence-electron chi connectivity index (χ4n) is 9.91. The summed E-state index contributed by atoms with van der Waals surface area (Å²) in [4.78, 5) is 11.8. The third kappa shape index (κ3) is 3.89. The second kappa shape index (κ2) is 9.50. The minimum Gasteiger partial charge on any atom is -0.458 e. The Balaban J connectivity index is 1.21. The van der Waals surface area contributed by atoms with Crippen LogP contribution in [0.2, 0.25) is 0 Å². The van der Waals surface area contributed by atoms with Gasteiger partial charge in [0.15, 0.2) is 6.29 Å². The summed E-state index contributed by atoms with van der Waals surface area (Å²) in [5.74, 6) is -0.396. The van der Waals surface area contributed by atoms with Gasteiger partial charge in [-0.05, 0) is 81.6 Å². The van der Waals surface area contributed by atoms with Crippen LogP contribution in [0.3, 0.4) is 0 Å². The Hall–Kier alpha value is -1.54. The monoisotopic (exact) mass is 545 g/mol. The molecule has 0 aromatic rings. The van der Waals surface area contributed by atoms with E-state index in [2.05, 4.69) is 13.0 Å². The van der Waals surface area contributed by atoms with Gasteiger partial charge in [-0.15, -0.1) is 0 Å². The lowest BCUT2D eigenvalue weighted by Crippen LogP contribution is -2.68. The minimum absolute atomic E-state index is 0.0799. The van der Waals surface area contributed by atoms with Gasteiger partial charge in [-0.25, -0.2) is 4.79 Å². The number of fused-ring (bicyclic) bond motifs is 5. The van der Waals surface area contributed by atoms with E-state index < -0.39 is 40.5 Å². The zero-order valence-electron chi connectivity index (χ0n) is 23.3. The van der Waals surface area contributed by atoms with E-state index in [9.17, 15) is 25.4 Å². The number of aliphatic hydroxyl groups excluding tert-OH is 1. The van der Waals surface area contributed by atoms with Crippen molar-refractivity contribution in [3.05, 3.63) is 11.6 Å². The molecule has 12 atom stereocenters. The summed E-state index contributed by atoms with van der Waals surface area (Å²) in [5.41, 5.74) is -2.50. The van der Waals surface area contributed by atoms with Gasteiger partial charge in [-0.2, -0.15) is 5.26 Å². The highest BCUT2D eigenvalue weighted by Gasteiger charge is 2.72. The van der Waals surface area contributed by atoms with Gasteiger partial charge in [0.2, 0.25) is 0 Å². The van der Waals surface area contributed by atoms with Crippen molar-refractivity contribution in [2.75, 3.05) is 13.7 Å². The molecule has 216 valence electrons. The third-order valence-electron chi connectivity index (χ3n) is 12.0. The molecule has 4 aliphatic carbocycles. The maximum Gasteiger partial charge on any atom is 0.331 e. The lowest BCUT2D eigenvalue weighted by Gasteiger charge is -2.64. The summed E-state index contributed by atoms with van der Waals surface area (Å²) in [6.07, 6.45) is 5.21. The predicted molar refractivity (Wildman–Crippen MR) is 138 cm³/mol. The number of methoxy groups -OCH3 is 1. The van der Waals surface area contributed by atoms with Gasteiger partial charge in [0.25, 0.3) is 0 Å². The molecule has 0 amide bonds. The molecule has 0 aromatic heterocycles. The van der Waals surface area contributed by atoms with Crippen molar-refractivity contribution in [3.63, 3.8) is 0 Å². The summed E-state index contributed by atoms with van der Waals surface area (Å²) in [6.45, 7) is 4.26. The first kappa shape index (κ1) is 27.6. The SMILES string of the molecule is COC1CC(OC2CCC3(C#N)C4CCC5(C)C(C6=CC(=O)OC6)CCC5(O)C4CCC3(O)C2)OC(C)C1O. The van der Waals surface area contributed by atoms with Gasteiger partial charge in [-0.3, -0.25) is 0 Å². The van der Waals surface area contributed by atoms with Gasteiger partial charge < -0.3 is 34.3 Å². The Labute approximate surface area is 230 Å². The molecule has 2 heterocycles. The van der Waals surface area contributed by atoms with Crippen molar-refractivity contribution in [1.82, 2.24) is 0 Å². The van der Waals surface area contributed by atoms with Crippen LogP contribution in [0.15, 0.2) is 11.6 Å². The number of nitriles is 1. The highest BCUT2D eigenvalue weighted by atomic mass is 16.7. The fourth-order valence-corrected chi connectivity index (χ4v) is 9.91. The van der Waals surface area contributed by atoms with E-state index >= 15 is 0 Å². The lowest BCUT2D eigenvalue weighted by molar-refractivity contribution is -0.286. The van der Waals surface area contributed by atoms with Gasteiger partial charge in [0, 0.05) is 31.4 Å². The first-order valence-electron chi connectivity index (χ1n) is 14.8. The lowest BCUT2D eigenvalue weighted by atomic mass is 9.41. The molecule has 3 N–H and O–H groups in total. The quantitative estimate of drug-likeness (QED) is 0.359. The summed E-state index contributed by atoms with van der Waals surface area (Å²) < 4.78 is 22.9. The minimum atomic E-state index is -1.21. The van der Waals surface area contributed by atoms with E-state index in [1.54, 1.807) is 20.1 Å². The van der Waals surface area contributed by atoms with Crippen molar-refractivity contribution < 1.29 is 39.1 Å². The average molecular weight is 546 g/mol. The molecule has 1 saturated heterocycles. The number of ether oxygens (including phenoxy) is 4. The van der Waals surface area contributed by atoms with Crippen LogP contribution in [0, 0.1) is 39.9 Å². The Morgan fingerprint density at radius 3 is 2.56 bits per heavy atom. The summed E-state index contributed by atoms with van der Waals surface area (Å²) >= 11 is 0. The number of carbonyl (C=O) groups is 1. The number of aliphatic hydroxyl groups is 3. The number of cyclic esters (lactones) is 1. The Morgan fingerprint density at radius 2 is 1.87 bits per heavy atom. The van der Waals surface area contributed by atoms with Crippen LogP contribution < -0.4 is 0 Å². The van der Waals surface area contributed by atoms with E-state index in [1.807, 2.05) is 0 Å². The van der Waals surface area contributed by atoms with E-state index in [1.165, 1.54) is 0 Å². The molecule has 12 unspecified atom stereocenters. The molecule has 0 bridgehead atoms. The van der Waals surface area contributed by atoms with Gasteiger partial charge >= 0.3 is 5.97 Å². The molecule has 0 radical (unpaired) electrons. The zero-order valence-corrected chi connectivity index (χ0v) is 23.3. The van der Waals surface area contributed by atoms with Crippen LogP contribution >= 0.6 is 0 Å². The number of rotatable bonds is 4. The van der Waals surface area contributed by atoms with Gasteiger partial charge in [-0.1, -0.05) is 6.92 Å². The van der Waals surface area contributed by atoms with Crippen molar-refractivity contribution in [1.29, 1.82) is 5.26 Å². The summed E-state index contributed by atoms with van der Waals surface area (Å²) in [6, 6.07) is 2.62. The molecule has 0 aromatic carbocycles. The van der Waals surface area contributed by atoms with Gasteiger partial charge in [0.05, 0.1) is 41.0 Å². The van der Waals surface area contributed by atoms with E-state index in [0.717, 1.165) is 24.8 Å². The number of nitrogens with zero attached hydrogens (tertiary/aromatic N) is 1. The van der Waals surface area contributed by atoms with Crippen molar-refractivity contribution in [2.24, 2.45) is 28.6 Å². The smallest absolute Gasteiger partial charge is 0.331 e. The topological polar surface area (TPSA) is 138 Å². The largest absolute Gasteiger partial charge is 0.458 e. The number of carbonyl (C=O) groups excluding carboxylic acids is 1. The molecule has 2 aliphatic heterocycles. The second-order valence-corrected chi connectivity index (χ2v) is 13.4. The van der Waals surface area contributed by atoms with Crippen LogP contribution in [-0.2, 0) is 23.7 Å². The highest BCUT2D eigenvalue weighted by Crippen LogP contribution is 2.70. The Morgan fingerprint density at radius 1 is 1.10 bits per heavy atom. The van der Waals surface area contributed by atoms with Crippen LogP contribution in [0.25, 0.3) is 0 Å². The third-order valence-corrected chi connectivity index (χ3v) is 12.0. The van der Waals surface area contributed by atoms with Crippen LogP contribution in [-0.4, -0.2) is 76.9 Å². The molecule has 0 spiro atoms. The fraction of sp³-hybridized carbons (Fsp3) is 0.867. The maximum absolute atomic E-state index is 12.4. The van der Waals surface area contributed by atoms with E-state index in [4.69, 9.17) is 18.9 Å². The first-order chi connectivity index (χ1) is 18.5. The summed E-state index contributed by atoms with van der Waals surface area (Å²) in [7, 11) is 1.57. The molecular weight excluding hydrogens is 502 g/mol. The molecule has 9 nitrogen and oxygen atoms in total. The van der Waals surface area contributed by atoms with Crippen LogP contribution in [0.4, 0.5) is 0 Å². The number of hydrogen-bond acceptors (Lipinski definition) is 9. The molecule has 6 aliphatic rings. The second-order valence-electron chi connectivity index (χ2n) is 13.4. The average Bonchev–Trinajstić information content (AvgIpc) is 3.45. The molecule has 4 saturated carbocycles. The van der Waals surface area contributed by atoms with Crippen molar-refractivity contribution in [3.8, 4) is 6.07 Å². The van der Waals surface area contributed by atoms with E-state index in [0.29, 0.717) is 51.6 Å². The molecule has 39 heavy (non-hydrogen) atoms. The zero-order chi connectivity index (χ0) is 27.8. The normalized spacial score (nSPS) is 53.2. The Kier molecular flexibility index (Phi) is 6.73. The maximum atomic E-state index is 12.4. The predicted octanol–water partition coefficient (Wildman–Crippen LogP) is 2.76.